The Kier molecular flexibility index (Phi) is 6.07. The molecule has 0 saturated heterocycles. The zero-order chi connectivity index (χ0) is 8.10. The van der Waals surface area contributed by atoms with Crippen LogP contribution in [0.5, 0.6) is 0 Å². The van der Waals surface area contributed by atoms with E-state index in [4.69, 9.17) is 0 Å². The molecule has 1 aromatic heterocycles. The predicted molar refractivity (Wildman–Crippen MR) is 56.9 cm³/mol. The number of hydrogen-bond acceptors (Lipinski definition) is 1. The van der Waals surface area contributed by atoms with Crippen molar-refractivity contribution in [2.45, 2.75) is 39.5 Å². The molecule has 0 saturated carbocycles. The summed E-state index contributed by atoms with van der Waals surface area (Å²) in [6, 6.07) is 0. The van der Waals surface area contributed by atoms with Gasteiger partial charge in [-0.25, -0.2) is 0 Å². The molecule has 0 aliphatic rings. The molecule has 0 fully saturated rings. The maximum absolute atomic E-state index is 4.20. The first-order chi connectivity index (χ1) is 5.38. The van der Waals surface area contributed by atoms with E-state index < -0.39 is 0 Å². The smallest absolute Gasteiger partial charge is 0.0653 e. The highest BCUT2D eigenvalue weighted by Gasteiger charge is 2.01. The van der Waals surface area contributed by atoms with Crippen molar-refractivity contribution >= 4 is 17.0 Å². The molecule has 0 radical (unpaired) electrons. The molecule has 3 heteroatoms. The summed E-state index contributed by atoms with van der Waals surface area (Å²) in [6.45, 7) is 4.38. The highest BCUT2D eigenvalue weighted by Crippen LogP contribution is 2.08. The molecule has 0 amide bonds. The van der Waals surface area contributed by atoms with E-state index in [0.717, 1.165) is 12.8 Å². The summed E-state index contributed by atoms with van der Waals surface area (Å²) in [4.78, 5) is 0. The van der Waals surface area contributed by atoms with Crippen molar-refractivity contribution in [2.75, 3.05) is 0 Å². The molecule has 1 rings (SSSR count). The number of aromatic amines is 1. The van der Waals surface area contributed by atoms with Crippen molar-refractivity contribution < 1.29 is 0 Å². The lowest BCUT2D eigenvalue weighted by Crippen LogP contribution is -1.90. The predicted octanol–water partition coefficient (Wildman–Crippen LogP) is 2.89. The number of aryl methyl sites for hydroxylation is 2. The van der Waals surface area contributed by atoms with Crippen LogP contribution >= 0.6 is 17.0 Å². The molecule has 1 aromatic rings. The summed E-state index contributed by atoms with van der Waals surface area (Å²) >= 11 is 0. The summed E-state index contributed by atoms with van der Waals surface area (Å²) in [5.41, 5.74) is 2.66. The number of nitrogens with zero attached hydrogens (tertiary/aromatic N) is 1. The number of nitrogens with one attached hydrogen (secondary N) is 1. The van der Waals surface area contributed by atoms with E-state index in [1.165, 1.54) is 24.1 Å². The van der Waals surface area contributed by atoms with Gasteiger partial charge in [0, 0.05) is 6.20 Å². The van der Waals surface area contributed by atoms with E-state index >= 15 is 0 Å². The second-order valence-electron chi connectivity index (χ2n) is 2.86. The molecule has 0 unspecified atom stereocenters. The Hall–Kier alpha value is -0.310. The van der Waals surface area contributed by atoms with E-state index in [1.54, 1.807) is 0 Å². The lowest BCUT2D eigenvalue weighted by molar-refractivity contribution is 0.835. The molecule has 0 spiro atoms. The molecule has 0 bridgehead atoms. The second kappa shape index (κ2) is 6.23. The monoisotopic (exact) mass is 232 g/mol. The Morgan fingerprint density at radius 1 is 1.25 bits per heavy atom. The summed E-state index contributed by atoms with van der Waals surface area (Å²) < 4.78 is 0. The van der Waals surface area contributed by atoms with Crippen molar-refractivity contribution in [2.24, 2.45) is 0 Å². The van der Waals surface area contributed by atoms with Crippen LogP contribution in [-0.4, -0.2) is 10.2 Å². The van der Waals surface area contributed by atoms with Gasteiger partial charge in [0.05, 0.1) is 5.69 Å². The van der Waals surface area contributed by atoms with Crippen LogP contribution in [-0.2, 0) is 12.8 Å². The molecule has 1 heterocycles. The van der Waals surface area contributed by atoms with Gasteiger partial charge in [0.25, 0.3) is 0 Å². The van der Waals surface area contributed by atoms with Gasteiger partial charge in [-0.05, 0) is 18.4 Å². The summed E-state index contributed by atoms with van der Waals surface area (Å²) in [6.07, 6.45) is 6.68. The normalized spacial score (nSPS) is 9.50. The Balaban J connectivity index is 0.00000121. The Morgan fingerprint density at radius 3 is 2.50 bits per heavy atom. The molecule has 0 aliphatic carbocycles. The third-order valence-electron chi connectivity index (χ3n) is 1.82. The lowest BCUT2D eigenvalue weighted by atomic mass is 10.1. The van der Waals surface area contributed by atoms with Gasteiger partial charge in [0.2, 0.25) is 0 Å². The van der Waals surface area contributed by atoms with Crippen LogP contribution in [0.3, 0.4) is 0 Å². The van der Waals surface area contributed by atoms with Crippen molar-refractivity contribution in [3.63, 3.8) is 0 Å². The Bertz CT molecular complexity index is 188. The zero-order valence-electron chi connectivity index (χ0n) is 7.76. The molecule has 70 valence electrons. The molecule has 2 nitrogen and oxygen atoms in total. The number of rotatable bonds is 4. The van der Waals surface area contributed by atoms with E-state index in [0.29, 0.717) is 0 Å². The average Bonchev–Trinajstić information content (AvgIpc) is 2.39. The van der Waals surface area contributed by atoms with E-state index in [2.05, 4.69) is 24.0 Å². The van der Waals surface area contributed by atoms with Gasteiger partial charge in [0.1, 0.15) is 0 Å². The van der Waals surface area contributed by atoms with Crippen molar-refractivity contribution in [1.29, 1.82) is 0 Å². The zero-order valence-corrected chi connectivity index (χ0v) is 9.47. The van der Waals surface area contributed by atoms with Gasteiger partial charge in [0.15, 0.2) is 0 Å². The van der Waals surface area contributed by atoms with Gasteiger partial charge in [-0.15, -0.1) is 17.0 Å². The minimum atomic E-state index is 0. The maximum Gasteiger partial charge on any atom is 0.0653 e. The van der Waals surface area contributed by atoms with Crippen LogP contribution in [0.1, 0.15) is 37.9 Å². The Morgan fingerprint density at radius 2 is 1.92 bits per heavy atom. The minimum absolute atomic E-state index is 0. The molecule has 0 aliphatic heterocycles. The molecular formula is C9H17BrN2. The molecule has 0 aromatic carbocycles. The first kappa shape index (κ1) is 11.7. The molecular weight excluding hydrogens is 216 g/mol. The minimum Gasteiger partial charge on any atom is -0.285 e. The fourth-order valence-corrected chi connectivity index (χ4v) is 1.28. The van der Waals surface area contributed by atoms with Crippen LogP contribution in [0.2, 0.25) is 0 Å². The summed E-state index contributed by atoms with van der Waals surface area (Å²) in [5.74, 6) is 0. The van der Waals surface area contributed by atoms with Crippen LogP contribution in [0, 0.1) is 0 Å². The first-order valence-corrected chi connectivity index (χ1v) is 4.40. The van der Waals surface area contributed by atoms with Crippen molar-refractivity contribution in [3.05, 3.63) is 17.5 Å². The third kappa shape index (κ3) is 2.97. The SMILES string of the molecule is Br.CCCc1c[nH]nc1CCC. The van der Waals surface area contributed by atoms with Gasteiger partial charge in [-0.1, -0.05) is 26.7 Å². The summed E-state index contributed by atoms with van der Waals surface area (Å²) in [7, 11) is 0. The highest BCUT2D eigenvalue weighted by molar-refractivity contribution is 8.93. The van der Waals surface area contributed by atoms with Gasteiger partial charge < -0.3 is 0 Å². The molecule has 12 heavy (non-hydrogen) atoms. The van der Waals surface area contributed by atoms with Crippen LogP contribution in [0.4, 0.5) is 0 Å². The topological polar surface area (TPSA) is 28.7 Å². The van der Waals surface area contributed by atoms with E-state index in [-0.39, 0.29) is 17.0 Å². The van der Waals surface area contributed by atoms with Crippen LogP contribution < -0.4 is 0 Å². The van der Waals surface area contributed by atoms with E-state index in [1.807, 2.05) is 6.20 Å². The average molecular weight is 233 g/mol. The standard InChI is InChI=1S/C9H16N2.BrH/c1-3-5-8-7-10-11-9(8)6-4-2;/h7H,3-6H2,1-2H3,(H,10,11);1H. The number of hydrogen-bond donors (Lipinski definition) is 1. The van der Waals surface area contributed by atoms with Gasteiger partial charge in [-0.3, -0.25) is 5.10 Å². The number of halogens is 1. The largest absolute Gasteiger partial charge is 0.285 e. The lowest BCUT2D eigenvalue weighted by Gasteiger charge is -1.96. The number of H-pyrrole nitrogens is 1. The van der Waals surface area contributed by atoms with Crippen molar-refractivity contribution in [3.8, 4) is 0 Å². The summed E-state index contributed by atoms with van der Waals surface area (Å²) in [5, 5.41) is 7.12. The molecule has 0 atom stereocenters. The fraction of sp³-hybridized carbons (Fsp3) is 0.667. The quantitative estimate of drug-likeness (QED) is 0.851. The first-order valence-electron chi connectivity index (χ1n) is 4.40. The van der Waals surface area contributed by atoms with Gasteiger partial charge >= 0.3 is 0 Å². The maximum atomic E-state index is 4.20. The van der Waals surface area contributed by atoms with Crippen LogP contribution in [0.25, 0.3) is 0 Å². The van der Waals surface area contributed by atoms with E-state index in [9.17, 15) is 0 Å². The van der Waals surface area contributed by atoms with Crippen LogP contribution in [0.15, 0.2) is 6.20 Å². The number of aromatic nitrogens is 2. The van der Waals surface area contributed by atoms with Gasteiger partial charge in [-0.2, -0.15) is 5.10 Å². The highest BCUT2D eigenvalue weighted by atomic mass is 79.9. The molecule has 1 N–H and O–H groups in total. The Labute approximate surface area is 84.5 Å². The third-order valence-corrected chi connectivity index (χ3v) is 1.82. The fourth-order valence-electron chi connectivity index (χ4n) is 1.28. The second-order valence-corrected chi connectivity index (χ2v) is 2.86. The van der Waals surface area contributed by atoms with Crippen molar-refractivity contribution in [1.82, 2.24) is 10.2 Å².